The number of nitrogens with zero attached hydrogens (tertiary/aromatic N) is 2. The van der Waals surface area contributed by atoms with E-state index < -0.39 is 0 Å². The van der Waals surface area contributed by atoms with Gasteiger partial charge in [-0.2, -0.15) is 0 Å². The van der Waals surface area contributed by atoms with Crippen molar-refractivity contribution in [3.05, 3.63) is 53.1 Å². The molecule has 6 nitrogen and oxygen atoms in total. The molecule has 6 heteroatoms. The van der Waals surface area contributed by atoms with Crippen LogP contribution < -0.4 is 15.0 Å². The summed E-state index contributed by atoms with van der Waals surface area (Å²) in [5.41, 5.74) is 5.01. The van der Waals surface area contributed by atoms with Gasteiger partial charge in [-0.15, -0.1) is 0 Å². The molecule has 1 fully saturated rings. The molecule has 0 atom stereocenters. The molecular weight excluding hydrogens is 354 g/mol. The van der Waals surface area contributed by atoms with Crippen LogP contribution in [-0.2, 0) is 17.8 Å². The molecule has 0 unspecified atom stereocenters. The molecule has 0 radical (unpaired) electrons. The van der Waals surface area contributed by atoms with Crippen molar-refractivity contribution in [2.45, 2.75) is 32.7 Å². The summed E-state index contributed by atoms with van der Waals surface area (Å²) in [6.45, 7) is 3.97. The summed E-state index contributed by atoms with van der Waals surface area (Å²) in [4.78, 5) is 28.5. The monoisotopic (exact) mass is 379 g/mol. The summed E-state index contributed by atoms with van der Waals surface area (Å²) in [6.07, 6.45) is 2.28. The van der Waals surface area contributed by atoms with Crippen molar-refractivity contribution in [2.75, 3.05) is 30.4 Å². The number of carbonyl (C=O) groups is 2. The summed E-state index contributed by atoms with van der Waals surface area (Å²) in [5.74, 6) is 0.995. The minimum Gasteiger partial charge on any atom is -0.497 e. The summed E-state index contributed by atoms with van der Waals surface area (Å²) >= 11 is 0. The maximum Gasteiger partial charge on any atom is 0.322 e. The predicted octanol–water partition coefficient (Wildman–Crippen LogP) is 3.72. The molecule has 4 rings (SSSR count). The van der Waals surface area contributed by atoms with Gasteiger partial charge in [-0.05, 0) is 60.7 Å². The van der Waals surface area contributed by atoms with Gasteiger partial charge in [-0.25, -0.2) is 4.79 Å². The molecule has 2 aromatic rings. The Labute approximate surface area is 165 Å². The van der Waals surface area contributed by atoms with Crippen molar-refractivity contribution < 1.29 is 14.3 Å². The van der Waals surface area contributed by atoms with Crippen molar-refractivity contribution in [1.29, 1.82) is 0 Å². The maximum atomic E-state index is 12.8. The lowest BCUT2D eigenvalue weighted by molar-refractivity contribution is -0.117. The van der Waals surface area contributed by atoms with Crippen molar-refractivity contribution in [1.82, 2.24) is 4.90 Å². The Balaban J connectivity index is 1.47. The molecule has 2 heterocycles. The van der Waals surface area contributed by atoms with Gasteiger partial charge in [0.15, 0.2) is 0 Å². The fourth-order valence-electron chi connectivity index (χ4n) is 3.91. The lowest BCUT2D eigenvalue weighted by Gasteiger charge is -2.29. The first-order valence-electron chi connectivity index (χ1n) is 9.68. The number of hydrogen-bond donors (Lipinski definition) is 1. The molecule has 146 valence electrons. The van der Waals surface area contributed by atoms with Crippen molar-refractivity contribution in [2.24, 2.45) is 0 Å². The van der Waals surface area contributed by atoms with Crippen LogP contribution in [0.3, 0.4) is 0 Å². The number of fused-ring (bicyclic) bond motifs is 1. The van der Waals surface area contributed by atoms with E-state index in [1.807, 2.05) is 53.1 Å². The average molecular weight is 379 g/mol. The minimum atomic E-state index is -0.121. The second kappa shape index (κ2) is 7.54. The van der Waals surface area contributed by atoms with E-state index in [1.54, 1.807) is 7.11 Å². The highest BCUT2D eigenvalue weighted by Gasteiger charge is 2.24. The van der Waals surface area contributed by atoms with Gasteiger partial charge < -0.3 is 19.9 Å². The number of hydrogen-bond acceptors (Lipinski definition) is 3. The summed E-state index contributed by atoms with van der Waals surface area (Å²) in [5, 5.41) is 3.00. The van der Waals surface area contributed by atoms with Crippen LogP contribution in [-0.4, -0.2) is 37.0 Å². The van der Waals surface area contributed by atoms with Crippen LogP contribution in [0.5, 0.6) is 5.75 Å². The first kappa shape index (κ1) is 18.3. The molecule has 2 aromatic carbocycles. The Kier molecular flexibility index (Phi) is 4.94. The molecular formula is C22H25N3O3. The first-order valence-corrected chi connectivity index (χ1v) is 9.68. The van der Waals surface area contributed by atoms with Crippen LogP contribution >= 0.6 is 0 Å². The van der Waals surface area contributed by atoms with E-state index in [9.17, 15) is 9.59 Å². The maximum absolute atomic E-state index is 12.8. The van der Waals surface area contributed by atoms with Gasteiger partial charge in [0.2, 0.25) is 5.91 Å². The number of ether oxygens (including phenoxy) is 1. The second-order valence-corrected chi connectivity index (χ2v) is 7.39. The van der Waals surface area contributed by atoms with Gasteiger partial charge >= 0.3 is 6.03 Å². The molecule has 28 heavy (non-hydrogen) atoms. The van der Waals surface area contributed by atoms with Gasteiger partial charge in [0, 0.05) is 37.4 Å². The zero-order valence-corrected chi connectivity index (χ0v) is 16.3. The number of methoxy groups -OCH3 is 1. The summed E-state index contributed by atoms with van der Waals surface area (Å²) < 4.78 is 5.28. The second-order valence-electron chi connectivity index (χ2n) is 7.39. The predicted molar refractivity (Wildman–Crippen MR) is 109 cm³/mol. The number of rotatable bonds is 3. The standard InChI is InChI=1S/C22H25N3O3/c1-15-5-7-18(13-20(15)25-10-3-4-21(25)26)23-22(27)24-11-9-16-12-19(28-2)8-6-17(16)14-24/h5-8,12-13H,3-4,9-11,14H2,1-2H3,(H,23,27). The van der Waals surface area contributed by atoms with Gasteiger partial charge in [-0.1, -0.05) is 12.1 Å². The zero-order chi connectivity index (χ0) is 19.7. The summed E-state index contributed by atoms with van der Waals surface area (Å²) in [6, 6.07) is 11.6. The topological polar surface area (TPSA) is 61.9 Å². The van der Waals surface area contributed by atoms with Crippen LogP contribution in [0, 0.1) is 6.92 Å². The van der Waals surface area contributed by atoms with Crippen LogP contribution in [0.1, 0.15) is 29.5 Å². The van der Waals surface area contributed by atoms with E-state index in [0.717, 1.165) is 42.0 Å². The normalized spacial score (nSPS) is 16.1. The van der Waals surface area contributed by atoms with Crippen LogP contribution in [0.25, 0.3) is 0 Å². The third-order valence-corrected chi connectivity index (χ3v) is 5.54. The van der Waals surface area contributed by atoms with Crippen molar-refractivity contribution in [3.8, 4) is 5.75 Å². The highest BCUT2D eigenvalue weighted by atomic mass is 16.5. The first-order chi connectivity index (χ1) is 13.5. The van der Waals surface area contributed by atoms with Crippen LogP contribution in [0.15, 0.2) is 36.4 Å². The molecule has 3 amide bonds. The van der Waals surface area contributed by atoms with Crippen molar-refractivity contribution in [3.63, 3.8) is 0 Å². The molecule has 2 aliphatic rings. The molecule has 2 aliphatic heterocycles. The molecule has 0 saturated carbocycles. The average Bonchev–Trinajstić information content (AvgIpc) is 3.14. The summed E-state index contributed by atoms with van der Waals surface area (Å²) in [7, 11) is 1.66. The Morgan fingerprint density at radius 1 is 1.07 bits per heavy atom. The van der Waals surface area contributed by atoms with E-state index in [-0.39, 0.29) is 11.9 Å². The van der Waals surface area contributed by atoms with E-state index in [0.29, 0.717) is 25.2 Å². The fourth-order valence-corrected chi connectivity index (χ4v) is 3.91. The number of urea groups is 1. The number of anilines is 2. The molecule has 1 N–H and O–H groups in total. The Morgan fingerprint density at radius 3 is 2.68 bits per heavy atom. The molecule has 0 aromatic heterocycles. The lowest BCUT2D eigenvalue weighted by Crippen LogP contribution is -2.38. The van der Waals surface area contributed by atoms with Gasteiger partial charge in [0.05, 0.1) is 7.11 Å². The quantitative estimate of drug-likeness (QED) is 0.884. The molecule has 0 bridgehead atoms. The largest absolute Gasteiger partial charge is 0.497 e. The Hall–Kier alpha value is -3.02. The number of aryl methyl sites for hydroxylation is 1. The highest BCUT2D eigenvalue weighted by Crippen LogP contribution is 2.29. The Bertz CT molecular complexity index is 925. The van der Waals surface area contributed by atoms with E-state index >= 15 is 0 Å². The number of carbonyl (C=O) groups excluding carboxylic acids is 2. The SMILES string of the molecule is COc1ccc2c(c1)CCN(C(=O)Nc1ccc(C)c(N3CCCC3=O)c1)C2. The third kappa shape index (κ3) is 3.54. The Morgan fingerprint density at radius 2 is 1.93 bits per heavy atom. The van der Waals surface area contributed by atoms with Crippen LogP contribution in [0.4, 0.5) is 16.2 Å². The van der Waals surface area contributed by atoms with Gasteiger partial charge in [0.1, 0.15) is 5.75 Å². The zero-order valence-electron chi connectivity index (χ0n) is 16.3. The van der Waals surface area contributed by atoms with Crippen LogP contribution in [0.2, 0.25) is 0 Å². The van der Waals surface area contributed by atoms with E-state index in [2.05, 4.69) is 5.32 Å². The smallest absolute Gasteiger partial charge is 0.322 e. The van der Waals surface area contributed by atoms with Gasteiger partial charge in [0.25, 0.3) is 0 Å². The molecule has 0 aliphatic carbocycles. The highest BCUT2D eigenvalue weighted by molar-refractivity contribution is 5.97. The number of benzene rings is 2. The number of nitrogens with one attached hydrogen (secondary N) is 1. The van der Waals surface area contributed by atoms with E-state index in [4.69, 9.17) is 4.74 Å². The van der Waals surface area contributed by atoms with Gasteiger partial charge in [-0.3, -0.25) is 4.79 Å². The third-order valence-electron chi connectivity index (χ3n) is 5.54. The molecule has 0 spiro atoms. The fraction of sp³-hybridized carbons (Fsp3) is 0.364. The minimum absolute atomic E-state index is 0.121. The lowest BCUT2D eigenvalue weighted by atomic mass is 10.00. The van der Waals surface area contributed by atoms with Crippen molar-refractivity contribution >= 4 is 23.3 Å². The van der Waals surface area contributed by atoms with E-state index in [1.165, 1.54) is 5.56 Å². The number of amides is 3. The molecule has 1 saturated heterocycles.